The Morgan fingerprint density at radius 2 is 2.31 bits per heavy atom. The van der Waals surface area contributed by atoms with E-state index < -0.39 is 11.9 Å². The first-order valence-electron chi connectivity index (χ1n) is 4.68. The first-order valence-corrected chi connectivity index (χ1v) is 4.68. The van der Waals surface area contributed by atoms with Crippen molar-refractivity contribution >= 4 is 11.9 Å². The third-order valence-electron chi connectivity index (χ3n) is 1.91. The molecule has 0 aliphatic carbocycles. The quantitative estimate of drug-likeness (QED) is 0.763. The molecule has 16 heavy (non-hydrogen) atoms. The average Bonchev–Trinajstić information content (AvgIpc) is 2.76. The number of rotatable bonds is 6. The summed E-state index contributed by atoms with van der Waals surface area (Å²) in [6, 6.07) is 3.06. The van der Waals surface area contributed by atoms with Crippen molar-refractivity contribution < 1.29 is 23.8 Å². The largest absolute Gasteiger partial charge is 0.480 e. The molecule has 88 valence electrons. The molecular weight excluding hydrogens is 214 g/mol. The number of hydrogen-bond acceptors (Lipinski definition) is 4. The molecule has 1 heterocycles. The zero-order chi connectivity index (χ0) is 12.0. The molecule has 0 saturated heterocycles. The van der Waals surface area contributed by atoms with E-state index in [9.17, 15) is 9.59 Å². The standard InChI is InChI=1S/C10H13NO5/c1-15-6-4-11(7-9(12)13)10(14)8-3-2-5-16-8/h2-3,5H,4,6-7H2,1H3,(H,12,13). The minimum Gasteiger partial charge on any atom is -0.480 e. The van der Waals surface area contributed by atoms with Gasteiger partial charge < -0.3 is 19.2 Å². The lowest BCUT2D eigenvalue weighted by Gasteiger charge is -2.18. The fourth-order valence-electron chi connectivity index (χ4n) is 1.17. The van der Waals surface area contributed by atoms with Gasteiger partial charge in [0.2, 0.25) is 0 Å². The van der Waals surface area contributed by atoms with E-state index in [0.717, 1.165) is 4.90 Å². The van der Waals surface area contributed by atoms with Gasteiger partial charge in [0.1, 0.15) is 6.54 Å². The molecule has 0 aliphatic rings. The number of carboxylic acid groups (broad SMARTS) is 1. The predicted molar refractivity (Wildman–Crippen MR) is 54.1 cm³/mol. The Labute approximate surface area is 92.4 Å². The highest BCUT2D eigenvalue weighted by atomic mass is 16.5. The van der Waals surface area contributed by atoms with Gasteiger partial charge in [0.05, 0.1) is 12.9 Å². The molecule has 1 rings (SSSR count). The molecule has 0 spiro atoms. The minimum atomic E-state index is -1.07. The second-order valence-corrected chi connectivity index (χ2v) is 3.09. The van der Waals surface area contributed by atoms with Gasteiger partial charge >= 0.3 is 5.97 Å². The van der Waals surface area contributed by atoms with Crippen molar-refractivity contribution in [1.82, 2.24) is 4.90 Å². The van der Waals surface area contributed by atoms with E-state index in [-0.39, 0.29) is 25.5 Å². The monoisotopic (exact) mass is 227 g/mol. The Morgan fingerprint density at radius 1 is 1.56 bits per heavy atom. The van der Waals surface area contributed by atoms with Crippen molar-refractivity contribution in [2.75, 3.05) is 26.8 Å². The van der Waals surface area contributed by atoms with Crippen LogP contribution in [0.5, 0.6) is 0 Å². The molecule has 1 aromatic heterocycles. The number of ether oxygens (including phenoxy) is 1. The van der Waals surface area contributed by atoms with E-state index in [1.807, 2.05) is 0 Å². The van der Waals surface area contributed by atoms with Gasteiger partial charge in [-0.1, -0.05) is 0 Å². The van der Waals surface area contributed by atoms with Crippen LogP contribution in [0.4, 0.5) is 0 Å². The van der Waals surface area contributed by atoms with Gasteiger partial charge in [-0.15, -0.1) is 0 Å². The summed E-state index contributed by atoms with van der Waals surface area (Å²) in [6.07, 6.45) is 1.36. The van der Waals surface area contributed by atoms with Crippen molar-refractivity contribution in [1.29, 1.82) is 0 Å². The summed E-state index contributed by atoms with van der Waals surface area (Å²) >= 11 is 0. The second-order valence-electron chi connectivity index (χ2n) is 3.09. The molecule has 0 bridgehead atoms. The van der Waals surface area contributed by atoms with Crippen LogP contribution in [0.2, 0.25) is 0 Å². The summed E-state index contributed by atoms with van der Waals surface area (Å²) in [7, 11) is 1.48. The highest BCUT2D eigenvalue weighted by Gasteiger charge is 2.20. The second kappa shape index (κ2) is 5.92. The Hall–Kier alpha value is -1.82. The number of carbonyl (C=O) groups is 2. The van der Waals surface area contributed by atoms with Crippen LogP contribution < -0.4 is 0 Å². The summed E-state index contributed by atoms with van der Waals surface area (Å²) in [5, 5.41) is 8.66. The maximum absolute atomic E-state index is 11.8. The first kappa shape index (κ1) is 12.3. The third-order valence-corrected chi connectivity index (χ3v) is 1.91. The fourth-order valence-corrected chi connectivity index (χ4v) is 1.17. The van der Waals surface area contributed by atoms with E-state index in [2.05, 4.69) is 0 Å². The zero-order valence-corrected chi connectivity index (χ0v) is 8.88. The Balaban J connectivity index is 2.67. The molecule has 0 aliphatic heterocycles. The maximum atomic E-state index is 11.8. The molecule has 1 amide bonds. The Morgan fingerprint density at radius 3 is 2.81 bits per heavy atom. The number of carbonyl (C=O) groups excluding carboxylic acids is 1. The van der Waals surface area contributed by atoms with Gasteiger partial charge in [0.15, 0.2) is 5.76 Å². The summed E-state index contributed by atoms with van der Waals surface area (Å²) < 4.78 is 9.72. The molecule has 1 N–H and O–H groups in total. The van der Waals surface area contributed by atoms with Gasteiger partial charge in [-0.05, 0) is 12.1 Å². The lowest BCUT2D eigenvalue weighted by atomic mass is 10.3. The van der Waals surface area contributed by atoms with Crippen molar-refractivity contribution in [3.63, 3.8) is 0 Å². The minimum absolute atomic E-state index is 0.123. The highest BCUT2D eigenvalue weighted by Crippen LogP contribution is 2.05. The lowest BCUT2D eigenvalue weighted by Crippen LogP contribution is -2.37. The number of amides is 1. The zero-order valence-electron chi connectivity index (χ0n) is 8.88. The molecule has 1 aromatic rings. The average molecular weight is 227 g/mol. The van der Waals surface area contributed by atoms with Crippen LogP contribution in [0.1, 0.15) is 10.6 Å². The molecule has 0 fully saturated rings. The molecule has 0 aromatic carbocycles. The SMILES string of the molecule is COCCN(CC(=O)O)C(=O)c1ccco1. The normalized spacial score (nSPS) is 10.1. The molecule has 0 saturated carbocycles. The number of hydrogen-bond donors (Lipinski definition) is 1. The van der Waals surface area contributed by atoms with E-state index in [1.165, 1.54) is 19.4 Å². The topological polar surface area (TPSA) is 80.0 Å². The number of carboxylic acids is 1. The molecule has 0 atom stereocenters. The maximum Gasteiger partial charge on any atom is 0.323 e. The van der Waals surface area contributed by atoms with Crippen molar-refractivity contribution in [2.45, 2.75) is 0 Å². The summed E-state index contributed by atoms with van der Waals surface area (Å²) in [5.74, 6) is -1.40. The van der Waals surface area contributed by atoms with E-state index in [4.69, 9.17) is 14.3 Å². The van der Waals surface area contributed by atoms with E-state index >= 15 is 0 Å². The predicted octanol–water partition coefficient (Wildman–Crippen LogP) is 0.453. The lowest BCUT2D eigenvalue weighted by molar-refractivity contribution is -0.137. The third kappa shape index (κ3) is 3.39. The van der Waals surface area contributed by atoms with Crippen molar-refractivity contribution in [3.8, 4) is 0 Å². The van der Waals surface area contributed by atoms with Gasteiger partial charge in [0.25, 0.3) is 5.91 Å². The van der Waals surface area contributed by atoms with Crippen LogP contribution >= 0.6 is 0 Å². The first-order chi connectivity index (χ1) is 7.65. The molecule has 0 unspecified atom stereocenters. The number of methoxy groups -OCH3 is 1. The van der Waals surface area contributed by atoms with Crippen LogP contribution in [0, 0.1) is 0 Å². The van der Waals surface area contributed by atoms with Gasteiger partial charge in [-0.25, -0.2) is 0 Å². The summed E-state index contributed by atoms with van der Waals surface area (Å²) in [6.45, 7) is 0.116. The Bertz CT molecular complexity index is 346. The van der Waals surface area contributed by atoms with Crippen molar-refractivity contribution in [3.05, 3.63) is 24.2 Å². The van der Waals surface area contributed by atoms with Crippen LogP contribution in [0.25, 0.3) is 0 Å². The summed E-state index contributed by atoms with van der Waals surface area (Å²) in [5.41, 5.74) is 0. The van der Waals surface area contributed by atoms with Crippen LogP contribution in [-0.2, 0) is 9.53 Å². The summed E-state index contributed by atoms with van der Waals surface area (Å²) in [4.78, 5) is 23.5. The Kier molecular flexibility index (Phi) is 4.53. The molecule has 6 heteroatoms. The van der Waals surface area contributed by atoms with Crippen LogP contribution in [0.3, 0.4) is 0 Å². The van der Waals surface area contributed by atoms with Gasteiger partial charge in [-0.3, -0.25) is 9.59 Å². The number of furan rings is 1. The number of nitrogens with zero attached hydrogens (tertiary/aromatic N) is 1. The fraction of sp³-hybridized carbons (Fsp3) is 0.400. The number of aliphatic carboxylic acids is 1. The molecule has 0 radical (unpaired) electrons. The smallest absolute Gasteiger partial charge is 0.323 e. The molecule has 6 nitrogen and oxygen atoms in total. The van der Waals surface area contributed by atoms with Gasteiger partial charge in [0, 0.05) is 13.7 Å². The van der Waals surface area contributed by atoms with Crippen LogP contribution in [0.15, 0.2) is 22.8 Å². The van der Waals surface area contributed by atoms with Gasteiger partial charge in [-0.2, -0.15) is 0 Å². The van der Waals surface area contributed by atoms with E-state index in [1.54, 1.807) is 6.07 Å². The van der Waals surface area contributed by atoms with E-state index in [0.29, 0.717) is 0 Å². The highest BCUT2D eigenvalue weighted by molar-refractivity contribution is 5.93. The van der Waals surface area contributed by atoms with Crippen LogP contribution in [-0.4, -0.2) is 48.7 Å². The van der Waals surface area contributed by atoms with Crippen molar-refractivity contribution in [2.24, 2.45) is 0 Å². The molecular formula is C10H13NO5.